The Morgan fingerprint density at radius 1 is 0.969 bits per heavy atom. The second kappa shape index (κ2) is 7.93. The van der Waals surface area contributed by atoms with E-state index < -0.39 is 15.9 Å². The van der Waals surface area contributed by atoms with E-state index in [1.165, 1.54) is 17.0 Å². The Hall–Kier alpha value is -3.99. The lowest BCUT2D eigenvalue weighted by Crippen LogP contribution is -2.28. The molecule has 0 spiro atoms. The highest BCUT2D eigenvalue weighted by Crippen LogP contribution is 2.37. The van der Waals surface area contributed by atoms with Gasteiger partial charge in [-0.15, -0.1) is 0 Å². The fraction of sp³-hybridized carbons (Fsp3) is 0.143. The second-order valence-electron chi connectivity index (χ2n) is 7.15. The van der Waals surface area contributed by atoms with Gasteiger partial charge in [-0.3, -0.25) is 9.59 Å². The van der Waals surface area contributed by atoms with Crippen LogP contribution < -0.4 is 19.8 Å². The van der Waals surface area contributed by atoms with Gasteiger partial charge in [-0.2, -0.15) is 4.98 Å². The molecule has 0 fully saturated rings. The van der Waals surface area contributed by atoms with Crippen molar-refractivity contribution in [1.82, 2.24) is 14.7 Å². The predicted octanol–water partition coefficient (Wildman–Crippen LogP) is 2.40. The van der Waals surface area contributed by atoms with Crippen molar-refractivity contribution in [3.63, 3.8) is 0 Å². The van der Waals surface area contributed by atoms with Crippen LogP contribution in [0.15, 0.2) is 59.6 Å². The molecule has 0 aliphatic carbocycles. The summed E-state index contributed by atoms with van der Waals surface area (Å²) in [7, 11) is -0.425. The van der Waals surface area contributed by atoms with Crippen LogP contribution in [-0.4, -0.2) is 44.3 Å². The molecule has 0 radical (unpaired) electrons. The third-order valence-corrected chi connectivity index (χ3v) is 6.38. The maximum atomic E-state index is 12.9. The first-order valence-electron chi connectivity index (χ1n) is 9.56. The van der Waals surface area contributed by atoms with Gasteiger partial charge in [-0.1, -0.05) is 12.1 Å². The van der Waals surface area contributed by atoms with Crippen molar-refractivity contribution in [3.8, 4) is 0 Å². The van der Waals surface area contributed by atoms with Gasteiger partial charge in [0.2, 0.25) is 11.9 Å². The lowest BCUT2D eigenvalue weighted by Gasteiger charge is -2.21. The van der Waals surface area contributed by atoms with E-state index in [0.29, 0.717) is 22.8 Å². The molecule has 3 aromatic rings. The molecule has 0 atom stereocenters. The van der Waals surface area contributed by atoms with Gasteiger partial charge < -0.3 is 15.1 Å². The summed E-state index contributed by atoms with van der Waals surface area (Å²) in [5, 5.41) is 3.03. The molecule has 1 aromatic heterocycles. The van der Waals surface area contributed by atoms with E-state index in [1.807, 2.05) is 34.9 Å². The molecule has 1 aliphatic heterocycles. The van der Waals surface area contributed by atoms with Gasteiger partial charge in [0.15, 0.2) is 5.82 Å². The minimum Gasteiger partial charge on any atom is -0.327 e. The van der Waals surface area contributed by atoms with Gasteiger partial charge in [0.1, 0.15) is 5.69 Å². The number of sulfonamides is 1. The van der Waals surface area contributed by atoms with Gasteiger partial charge in [0, 0.05) is 26.7 Å². The molecule has 0 bridgehead atoms. The summed E-state index contributed by atoms with van der Waals surface area (Å²) in [6.07, 6.45) is 1.56. The van der Waals surface area contributed by atoms with Crippen LogP contribution in [0.2, 0.25) is 0 Å². The number of para-hydroxylation sites is 1. The van der Waals surface area contributed by atoms with E-state index in [9.17, 15) is 18.0 Å². The van der Waals surface area contributed by atoms with E-state index in [-0.39, 0.29) is 16.8 Å². The molecule has 1 aliphatic rings. The van der Waals surface area contributed by atoms with Crippen LogP contribution in [0.5, 0.6) is 0 Å². The minimum absolute atomic E-state index is 0.0439. The van der Waals surface area contributed by atoms with Crippen molar-refractivity contribution >= 4 is 50.7 Å². The standard InChI is InChI=1S/C21H20N6O4S/c1-13(28)25-32(30,31)15-10-8-14(9-11-15)23-21-22-12-18-19(24-21)26(2)17-7-5-4-6-16(17)20(29)27(18)3/h4-12H,1-3H3,(H,25,28)(H,22,23,24). The molecule has 2 aromatic carbocycles. The summed E-state index contributed by atoms with van der Waals surface area (Å²) in [5.74, 6) is -0.0207. The van der Waals surface area contributed by atoms with Crippen molar-refractivity contribution in [2.45, 2.75) is 11.8 Å². The third-order valence-electron chi connectivity index (χ3n) is 4.93. The topological polar surface area (TPSA) is 125 Å². The Labute approximate surface area is 185 Å². The van der Waals surface area contributed by atoms with Crippen LogP contribution in [0, 0.1) is 0 Å². The maximum absolute atomic E-state index is 12.9. The number of anilines is 5. The van der Waals surface area contributed by atoms with Gasteiger partial charge >= 0.3 is 0 Å². The van der Waals surface area contributed by atoms with Crippen LogP contribution in [0.25, 0.3) is 0 Å². The molecule has 32 heavy (non-hydrogen) atoms. The van der Waals surface area contributed by atoms with Crippen molar-refractivity contribution in [3.05, 3.63) is 60.3 Å². The first kappa shape index (κ1) is 21.2. The van der Waals surface area contributed by atoms with E-state index in [4.69, 9.17) is 0 Å². The quantitative estimate of drug-likeness (QED) is 0.618. The summed E-state index contributed by atoms with van der Waals surface area (Å²) in [4.78, 5) is 36.1. The monoisotopic (exact) mass is 452 g/mol. The average molecular weight is 452 g/mol. The zero-order valence-corrected chi connectivity index (χ0v) is 18.3. The smallest absolute Gasteiger partial charge is 0.264 e. The number of fused-ring (bicyclic) bond motifs is 2. The number of carbonyl (C=O) groups excluding carboxylic acids is 2. The second-order valence-corrected chi connectivity index (χ2v) is 8.84. The fourth-order valence-electron chi connectivity index (χ4n) is 3.36. The molecular weight excluding hydrogens is 432 g/mol. The average Bonchev–Trinajstić information content (AvgIpc) is 2.83. The normalized spacial score (nSPS) is 13.2. The lowest BCUT2D eigenvalue weighted by molar-refractivity contribution is -0.117. The number of hydrogen-bond donors (Lipinski definition) is 2. The Morgan fingerprint density at radius 2 is 1.66 bits per heavy atom. The zero-order valence-electron chi connectivity index (χ0n) is 17.5. The molecule has 0 saturated carbocycles. The highest BCUT2D eigenvalue weighted by atomic mass is 32.2. The number of aromatic nitrogens is 2. The first-order chi connectivity index (χ1) is 15.2. The number of nitrogens with one attached hydrogen (secondary N) is 2. The molecule has 0 saturated heterocycles. The lowest BCUT2D eigenvalue weighted by atomic mass is 10.1. The van der Waals surface area contributed by atoms with Crippen molar-refractivity contribution in [2.24, 2.45) is 0 Å². The van der Waals surface area contributed by atoms with E-state index in [1.54, 1.807) is 31.4 Å². The van der Waals surface area contributed by atoms with Crippen LogP contribution in [0.1, 0.15) is 17.3 Å². The Balaban J connectivity index is 1.65. The highest BCUT2D eigenvalue weighted by molar-refractivity contribution is 7.90. The molecule has 2 N–H and O–H groups in total. The van der Waals surface area contributed by atoms with Crippen LogP contribution in [0.4, 0.5) is 28.8 Å². The molecule has 0 unspecified atom stereocenters. The summed E-state index contributed by atoms with van der Waals surface area (Å²) < 4.78 is 26.1. The molecular formula is C21H20N6O4S. The van der Waals surface area contributed by atoms with Crippen molar-refractivity contribution in [2.75, 3.05) is 29.2 Å². The summed E-state index contributed by atoms with van der Waals surface area (Å²) in [5.41, 5.74) is 2.38. The van der Waals surface area contributed by atoms with E-state index >= 15 is 0 Å². The van der Waals surface area contributed by atoms with Gasteiger partial charge in [-0.25, -0.2) is 18.1 Å². The Kier molecular flexibility index (Phi) is 5.26. The number of rotatable bonds is 4. The van der Waals surface area contributed by atoms with Crippen LogP contribution in [0.3, 0.4) is 0 Å². The number of nitrogens with zero attached hydrogens (tertiary/aromatic N) is 4. The molecule has 2 amide bonds. The highest BCUT2D eigenvalue weighted by Gasteiger charge is 2.28. The molecule has 164 valence electrons. The molecule has 11 heteroatoms. The Morgan fingerprint density at radius 3 is 2.34 bits per heavy atom. The molecule has 4 rings (SSSR count). The first-order valence-corrected chi connectivity index (χ1v) is 11.0. The predicted molar refractivity (Wildman–Crippen MR) is 120 cm³/mol. The molecule has 10 nitrogen and oxygen atoms in total. The summed E-state index contributed by atoms with van der Waals surface area (Å²) >= 11 is 0. The van der Waals surface area contributed by atoms with Crippen LogP contribution >= 0.6 is 0 Å². The summed E-state index contributed by atoms with van der Waals surface area (Å²) in [6, 6.07) is 13.1. The van der Waals surface area contributed by atoms with E-state index in [2.05, 4.69) is 15.3 Å². The third kappa shape index (κ3) is 3.85. The number of amides is 2. The SMILES string of the molecule is CC(=O)NS(=O)(=O)c1ccc(Nc2ncc3c(n2)N(C)c2ccccc2C(=O)N3C)cc1. The zero-order chi connectivity index (χ0) is 23.0. The fourth-order valence-corrected chi connectivity index (χ4v) is 4.35. The van der Waals surface area contributed by atoms with Crippen LogP contribution in [-0.2, 0) is 14.8 Å². The van der Waals surface area contributed by atoms with Gasteiger partial charge in [0.05, 0.1) is 22.3 Å². The number of benzene rings is 2. The molecule has 2 heterocycles. The maximum Gasteiger partial charge on any atom is 0.264 e. The van der Waals surface area contributed by atoms with Gasteiger partial charge in [0.25, 0.3) is 15.9 Å². The van der Waals surface area contributed by atoms with Crippen molar-refractivity contribution < 1.29 is 18.0 Å². The number of hydrogen-bond acceptors (Lipinski definition) is 8. The Bertz CT molecular complexity index is 1320. The largest absolute Gasteiger partial charge is 0.327 e. The van der Waals surface area contributed by atoms with E-state index in [0.717, 1.165) is 12.6 Å². The van der Waals surface area contributed by atoms with Gasteiger partial charge in [-0.05, 0) is 36.4 Å². The van der Waals surface area contributed by atoms with Crippen molar-refractivity contribution in [1.29, 1.82) is 0 Å². The summed E-state index contributed by atoms with van der Waals surface area (Å²) in [6.45, 7) is 1.13. The number of carbonyl (C=O) groups is 2. The minimum atomic E-state index is -3.92.